The summed E-state index contributed by atoms with van der Waals surface area (Å²) >= 11 is 0. The van der Waals surface area contributed by atoms with Gasteiger partial charge in [-0.2, -0.15) is 0 Å². The van der Waals surface area contributed by atoms with E-state index in [0.29, 0.717) is 11.3 Å². The van der Waals surface area contributed by atoms with Gasteiger partial charge in [-0.25, -0.2) is 0 Å². The highest BCUT2D eigenvalue weighted by Gasteiger charge is 2.40. The van der Waals surface area contributed by atoms with Crippen molar-refractivity contribution in [2.24, 2.45) is 0 Å². The zero-order valence-corrected chi connectivity index (χ0v) is 17.8. The predicted molar refractivity (Wildman–Crippen MR) is 119 cm³/mol. The van der Waals surface area contributed by atoms with Crippen LogP contribution in [0.15, 0.2) is 54.2 Å². The number of anilines is 2. The minimum Gasteiger partial charge on any atom is -0.372 e. The van der Waals surface area contributed by atoms with Crippen LogP contribution in [0.2, 0.25) is 0 Å². The Bertz CT molecular complexity index is 924. The number of carbonyl (C=O) groups is 2. The van der Waals surface area contributed by atoms with Crippen molar-refractivity contribution in [1.29, 1.82) is 0 Å². The van der Waals surface area contributed by atoms with E-state index in [1.807, 2.05) is 69.3 Å². The highest BCUT2D eigenvalue weighted by molar-refractivity contribution is 6.36. The fourth-order valence-corrected chi connectivity index (χ4v) is 3.61. The van der Waals surface area contributed by atoms with E-state index < -0.39 is 0 Å². The van der Waals surface area contributed by atoms with Crippen molar-refractivity contribution in [1.82, 2.24) is 4.90 Å². The average Bonchev–Trinajstić information content (AvgIpc) is 2.94. The molecule has 1 N–H and O–H groups in total. The van der Waals surface area contributed by atoms with Crippen LogP contribution in [0.5, 0.6) is 0 Å². The van der Waals surface area contributed by atoms with Crippen molar-refractivity contribution in [3.05, 3.63) is 65.4 Å². The molecular formula is C24H29N3O2. The van der Waals surface area contributed by atoms with Crippen LogP contribution < -0.4 is 10.2 Å². The Morgan fingerprint density at radius 3 is 2.00 bits per heavy atom. The lowest BCUT2D eigenvalue weighted by Gasteiger charge is -2.21. The van der Waals surface area contributed by atoms with Gasteiger partial charge >= 0.3 is 0 Å². The second kappa shape index (κ2) is 8.52. The molecule has 0 bridgehead atoms. The molecule has 152 valence electrons. The number of aryl methyl sites for hydroxylation is 1. The summed E-state index contributed by atoms with van der Waals surface area (Å²) in [5.41, 5.74) is 4.53. The van der Waals surface area contributed by atoms with E-state index in [-0.39, 0.29) is 17.9 Å². The Labute approximate surface area is 173 Å². The molecule has 0 radical (unpaired) electrons. The number of amides is 2. The number of hydrogen-bond acceptors (Lipinski definition) is 4. The standard InChI is InChI=1S/C24H29N3O2/c1-6-26(7-2)20-14-12-19(13-15-20)25-22-21(18-10-8-17(5)9-11-18)23(28)27(16(3)4)24(22)29/h8-16,25H,6-7H2,1-5H3. The van der Waals surface area contributed by atoms with Crippen LogP contribution in [0.1, 0.15) is 38.8 Å². The maximum Gasteiger partial charge on any atom is 0.278 e. The maximum absolute atomic E-state index is 13.1. The SMILES string of the molecule is CCN(CC)c1ccc(NC2=C(c3ccc(C)cc3)C(=O)N(C(C)C)C2=O)cc1. The Hall–Kier alpha value is -3.08. The molecule has 29 heavy (non-hydrogen) atoms. The third-order valence-corrected chi connectivity index (χ3v) is 5.24. The molecule has 1 heterocycles. The topological polar surface area (TPSA) is 52.7 Å². The number of imide groups is 1. The first-order valence-corrected chi connectivity index (χ1v) is 10.2. The molecule has 5 heteroatoms. The van der Waals surface area contributed by atoms with Gasteiger partial charge in [0, 0.05) is 30.5 Å². The summed E-state index contributed by atoms with van der Waals surface area (Å²) < 4.78 is 0. The molecule has 0 unspecified atom stereocenters. The van der Waals surface area contributed by atoms with Crippen LogP contribution in [0.25, 0.3) is 5.57 Å². The Morgan fingerprint density at radius 1 is 0.897 bits per heavy atom. The number of benzene rings is 2. The minimum atomic E-state index is -0.284. The van der Waals surface area contributed by atoms with Crippen molar-refractivity contribution in [3.8, 4) is 0 Å². The lowest BCUT2D eigenvalue weighted by Crippen LogP contribution is -2.38. The van der Waals surface area contributed by atoms with Crippen molar-refractivity contribution >= 4 is 28.8 Å². The van der Waals surface area contributed by atoms with Gasteiger partial charge in [-0.15, -0.1) is 0 Å². The molecule has 0 fully saturated rings. The van der Waals surface area contributed by atoms with Gasteiger partial charge in [0.1, 0.15) is 5.70 Å². The molecule has 0 atom stereocenters. The fourth-order valence-electron chi connectivity index (χ4n) is 3.61. The first-order valence-electron chi connectivity index (χ1n) is 10.2. The molecule has 0 saturated carbocycles. The highest BCUT2D eigenvalue weighted by atomic mass is 16.2. The van der Waals surface area contributed by atoms with Crippen LogP contribution in [0.4, 0.5) is 11.4 Å². The molecule has 2 amide bonds. The Morgan fingerprint density at radius 2 is 1.48 bits per heavy atom. The van der Waals surface area contributed by atoms with Gasteiger partial charge in [0.15, 0.2) is 0 Å². The molecule has 0 aliphatic carbocycles. The zero-order chi connectivity index (χ0) is 21.1. The molecule has 0 aromatic heterocycles. The van der Waals surface area contributed by atoms with Crippen LogP contribution in [0, 0.1) is 6.92 Å². The largest absolute Gasteiger partial charge is 0.372 e. The van der Waals surface area contributed by atoms with Gasteiger partial charge in [0.25, 0.3) is 11.8 Å². The minimum absolute atomic E-state index is 0.209. The zero-order valence-electron chi connectivity index (χ0n) is 17.8. The second-order valence-electron chi connectivity index (χ2n) is 7.53. The van der Waals surface area contributed by atoms with E-state index in [4.69, 9.17) is 0 Å². The first-order chi connectivity index (χ1) is 13.9. The molecule has 2 aromatic rings. The van der Waals surface area contributed by atoms with E-state index >= 15 is 0 Å². The number of rotatable bonds is 7. The quantitative estimate of drug-likeness (QED) is 0.709. The Balaban J connectivity index is 1.99. The van der Waals surface area contributed by atoms with Gasteiger partial charge in [-0.3, -0.25) is 14.5 Å². The number of nitrogens with one attached hydrogen (secondary N) is 1. The van der Waals surface area contributed by atoms with Gasteiger partial charge in [-0.1, -0.05) is 29.8 Å². The highest BCUT2D eigenvalue weighted by Crippen LogP contribution is 2.32. The number of carbonyl (C=O) groups excluding carboxylic acids is 2. The van der Waals surface area contributed by atoms with Crippen molar-refractivity contribution in [3.63, 3.8) is 0 Å². The second-order valence-corrected chi connectivity index (χ2v) is 7.53. The molecule has 0 spiro atoms. The van der Waals surface area contributed by atoms with Crippen molar-refractivity contribution in [2.45, 2.75) is 40.7 Å². The van der Waals surface area contributed by atoms with Gasteiger partial charge in [-0.05, 0) is 64.4 Å². The van der Waals surface area contributed by atoms with Crippen LogP contribution in [-0.2, 0) is 9.59 Å². The third kappa shape index (κ3) is 4.04. The monoisotopic (exact) mass is 391 g/mol. The summed E-state index contributed by atoms with van der Waals surface area (Å²) in [7, 11) is 0. The van der Waals surface area contributed by atoms with Crippen LogP contribution >= 0.6 is 0 Å². The molecule has 1 aliphatic rings. The van der Waals surface area contributed by atoms with Crippen molar-refractivity contribution in [2.75, 3.05) is 23.3 Å². The van der Waals surface area contributed by atoms with Crippen LogP contribution in [0.3, 0.4) is 0 Å². The average molecular weight is 392 g/mol. The van der Waals surface area contributed by atoms with E-state index in [1.54, 1.807) is 0 Å². The third-order valence-electron chi connectivity index (χ3n) is 5.24. The Kier molecular flexibility index (Phi) is 6.06. The molecule has 5 nitrogen and oxygen atoms in total. The number of nitrogens with zero attached hydrogens (tertiary/aromatic N) is 2. The molecule has 2 aromatic carbocycles. The summed E-state index contributed by atoms with van der Waals surface area (Å²) in [5, 5.41) is 3.22. The normalized spacial score (nSPS) is 14.2. The summed E-state index contributed by atoms with van der Waals surface area (Å²) in [6.45, 7) is 11.8. The molecule has 1 aliphatic heterocycles. The summed E-state index contributed by atoms with van der Waals surface area (Å²) in [6, 6.07) is 15.4. The molecular weight excluding hydrogens is 362 g/mol. The van der Waals surface area contributed by atoms with E-state index in [9.17, 15) is 9.59 Å². The van der Waals surface area contributed by atoms with Crippen molar-refractivity contribution < 1.29 is 9.59 Å². The molecule has 3 rings (SSSR count). The summed E-state index contributed by atoms with van der Waals surface area (Å²) in [6.07, 6.45) is 0. The molecule has 0 saturated heterocycles. The van der Waals surface area contributed by atoms with E-state index in [2.05, 4.69) is 24.1 Å². The van der Waals surface area contributed by atoms with Gasteiger partial charge < -0.3 is 10.2 Å². The lowest BCUT2D eigenvalue weighted by molar-refractivity contribution is -0.138. The lowest BCUT2D eigenvalue weighted by atomic mass is 10.0. The fraction of sp³-hybridized carbons (Fsp3) is 0.333. The van der Waals surface area contributed by atoms with Gasteiger partial charge in [0.2, 0.25) is 0 Å². The maximum atomic E-state index is 13.1. The van der Waals surface area contributed by atoms with Gasteiger partial charge in [0.05, 0.1) is 5.57 Å². The van der Waals surface area contributed by atoms with E-state index in [1.165, 1.54) is 4.90 Å². The summed E-state index contributed by atoms with van der Waals surface area (Å²) in [4.78, 5) is 29.7. The smallest absolute Gasteiger partial charge is 0.278 e. The van der Waals surface area contributed by atoms with E-state index in [0.717, 1.165) is 35.6 Å². The predicted octanol–water partition coefficient (Wildman–Crippen LogP) is 4.44. The van der Waals surface area contributed by atoms with Crippen LogP contribution in [-0.4, -0.2) is 35.8 Å². The number of hydrogen-bond donors (Lipinski definition) is 1. The summed E-state index contributed by atoms with van der Waals surface area (Å²) in [5.74, 6) is -0.537. The first kappa shape index (κ1) is 20.6.